The quantitative estimate of drug-likeness (QED) is 0.0489. The van der Waals surface area contributed by atoms with Gasteiger partial charge in [-0.25, -0.2) is 0 Å². The Bertz CT molecular complexity index is 301. The second kappa shape index (κ2) is 17.7. The number of rotatable bonds is 18. The van der Waals surface area contributed by atoms with Crippen molar-refractivity contribution < 1.29 is 4.48 Å². The van der Waals surface area contributed by atoms with Crippen molar-refractivity contribution in [1.29, 1.82) is 0 Å². The third kappa shape index (κ3) is 13.1. The predicted molar refractivity (Wildman–Crippen MR) is 123 cm³/mol. The first-order valence-electron chi connectivity index (χ1n) is 11.1. The van der Waals surface area contributed by atoms with Crippen molar-refractivity contribution in [1.82, 2.24) is 0 Å². The highest BCUT2D eigenvalue weighted by atomic mass is 127. The van der Waals surface area contributed by atoms with Gasteiger partial charge in [0.1, 0.15) is 10.6 Å². The number of nitrogens with zero attached hydrogens (tertiary/aromatic N) is 1. The Balaban J connectivity index is 4.14. The average molecular weight is 463 g/mol. The third-order valence-electron chi connectivity index (χ3n) is 5.57. The molecule has 148 valence electrons. The first-order valence-corrected chi connectivity index (χ1v) is 12.3. The van der Waals surface area contributed by atoms with Gasteiger partial charge in [-0.3, -0.25) is 0 Å². The lowest BCUT2D eigenvalue weighted by Crippen LogP contribution is -2.53. The molecule has 0 aromatic carbocycles. The monoisotopic (exact) mass is 462 g/mol. The van der Waals surface area contributed by atoms with E-state index in [1.807, 2.05) is 0 Å². The third-order valence-corrected chi connectivity index (χ3v) is 6.76. The number of terminal acetylenes is 1. The van der Waals surface area contributed by atoms with E-state index < -0.39 is 0 Å². The fourth-order valence-electron chi connectivity index (χ4n) is 3.70. The van der Waals surface area contributed by atoms with Gasteiger partial charge in [-0.15, -0.1) is 6.42 Å². The number of unbranched alkanes of at least 4 members (excludes halogenated alkanes) is 12. The van der Waals surface area contributed by atoms with Gasteiger partial charge in [0, 0.05) is 0 Å². The first kappa shape index (κ1) is 25.2. The van der Waals surface area contributed by atoms with Crippen LogP contribution < -0.4 is 0 Å². The molecule has 0 radical (unpaired) electrons. The van der Waals surface area contributed by atoms with Crippen LogP contribution >= 0.6 is 22.6 Å². The van der Waals surface area contributed by atoms with Crippen LogP contribution in [0.2, 0.25) is 0 Å². The van der Waals surface area contributed by atoms with Gasteiger partial charge in [0.25, 0.3) is 0 Å². The van der Waals surface area contributed by atoms with Crippen molar-refractivity contribution in [2.75, 3.05) is 19.6 Å². The highest BCUT2D eigenvalue weighted by Crippen LogP contribution is 2.23. The molecule has 0 N–H and O–H groups in total. The average Bonchev–Trinajstić information content (AvgIpc) is 2.59. The van der Waals surface area contributed by atoms with E-state index in [9.17, 15) is 0 Å². The van der Waals surface area contributed by atoms with Gasteiger partial charge in [0.2, 0.25) is 0 Å². The lowest BCUT2D eigenvalue weighted by Gasteiger charge is -2.40. The summed E-state index contributed by atoms with van der Waals surface area (Å²) in [5.74, 6) is 3.00. The molecule has 1 atom stereocenters. The number of quaternary nitrogens is 1. The van der Waals surface area contributed by atoms with Crippen LogP contribution in [-0.4, -0.2) is 28.2 Å². The van der Waals surface area contributed by atoms with E-state index in [2.05, 4.69) is 49.3 Å². The number of hydrogen-bond donors (Lipinski definition) is 0. The van der Waals surface area contributed by atoms with E-state index in [0.29, 0.717) is 4.05 Å². The molecule has 0 fully saturated rings. The zero-order chi connectivity index (χ0) is 18.8. The molecule has 1 nitrogen and oxygen atoms in total. The Labute approximate surface area is 173 Å². The van der Waals surface area contributed by atoms with E-state index in [0.717, 1.165) is 11.0 Å². The summed E-state index contributed by atoms with van der Waals surface area (Å²) in [7, 11) is 0. The van der Waals surface area contributed by atoms with Crippen LogP contribution in [0.5, 0.6) is 0 Å². The highest BCUT2D eigenvalue weighted by Gasteiger charge is 2.30. The van der Waals surface area contributed by atoms with E-state index >= 15 is 0 Å². The fraction of sp³-hybridized carbons (Fsp3) is 0.913. The van der Waals surface area contributed by atoms with Crippen LogP contribution in [0.3, 0.4) is 0 Å². The normalized spacial score (nSPS) is 12.9. The summed E-state index contributed by atoms with van der Waals surface area (Å²) in [5.41, 5.74) is 0. The van der Waals surface area contributed by atoms with Crippen molar-refractivity contribution in [3.05, 3.63) is 0 Å². The second-order valence-electron chi connectivity index (χ2n) is 7.84. The Morgan fingerprint density at radius 1 is 0.720 bits per heavy atom. The molecular weight excluding hydrogens is 417 g/mol. The van der Waals surface area contributed by atoms with Gasteiger partial charge < -0.3 is 4.48 Å². The largest absolute Gasteiger partial charge is 0.303 e. The van der Waals surface area contributed by atoms with E-state index in [1.165, 1.54) is 103 Å². The Morgan fingerprint density at radius 2 is 1.08 bits per heavy atom. The van der Waals surface area contributed by atoms with Crippen molar-refractivity contribution in [2.24, 2.45) is 0 Å². The molecular formula is C23H45IN+. The lowest BCUT2D eigenvalue weighted by atomic mass is 10.1. The summed E-state index contributed by atoms with van der Waals surface area (Å²) in [6.07, 6.45) is 25.2. The van der Waals surface area contributed by atoms with Gasteiger partial charge >= 0.3 is 0 Å². The summed E-state index contributed by atoms with van der Waals surface area (Å²) in [4.78, 5) is 0. The van der Waals surface area contributed by atoms with Crippen molar-refractivity contribution >= 4 is 22.6 Å². The van der Waals surface area contributed by atoms with Crippen LogP contribution in [0, 0.1) is 12.3 Å². The van der Waals surface area contributed by atoms with Gasteiger partial charge in [0.15, 0.2) is 0 Å². The molecule has 0 aliphatic rings. The van der Waals surface area contributed by atoms with Crippen molar-refractivity contribution in [3.63, 3.8) is 0 Å². The molecule has 1 unspecified atom stereocenters. The van der Waals surface area contributed by atoms with Gasteiger partial charge in [-0.1, -0.05) is 78.1 Å². The standard InChI is InChI=1S/C23H45IN/c1-5-8-10-12-14-16-18-21-25(20-7-3,23(4)24)22-19-17-15-13-11-9-6-2/h3,23H,5-6,8-22H2,1-2,4H3/q+1. The smallest absolute Gasteiger partial charge is 0.141 e. The minimum absolute atomic E-state index is 0.619. The zero-order valence-corrected chi connectivity index (χ0v) is 19.7. The Kier molecular flexibility index (Phi) is 17.8. The summed E-state index contributed by atoms with van der Waals surface area (Å²) in [6.45, 7) is 10.4. The summed E-state index contributed by atoms with van der Waals surface area (Å²) < 4.78 is 1.76. The minimum Gasteiger partial charge on any atom is -0.303 e. The predicted octanol–water partition coefficient (Wildman–Crippen LogP) is 7.72. The molecule has 0 bridgehead atoms. The molecule has 25 heavy (non-hydrogen) atoms. The number of hydrogen-bond acceptors (Lipinski definition) is 0. The number of halogens is 1. The lowest BCUT2D eigenvalue weighted by molar-refractivity contribution is -0.926. The molecule has 0 spiro atoms. The Morgan fingerprint density at radius 3 is 1.40 bits per heavy atom. The molecule has 0 aliphatic carbocycles. The molecule has 0 aromatic rings. The van der Waals surface area contributed by atoms with E-state index in [1.54, 1.807) is 0 Å². The maximum Gasteiger partial charge on any atom is 0.141 e. The summed E-state index contributed by atoms with van der Waals surface area (Å²) in [5, 5.41) is 0. The van der Waals surface area contributed by atoms with Crippen LogP contribution in [0.25, 0.3) is 0 Å². The maximum atomic E-state index is 5.75. The van der Waals surface area contributed by atoms with Crippen LogP contribution in [0.4, 0.5) is 0 Å². The molecule has 0 saturated carbocycles. The van der Waals surface area contributed by atoms with Gasteiger partial charge in [-0.2, -0.15) is 0 Å². The Hall–Kier alpha value is 0.250. The molecule has 0 aromatic heterocycles. The molecule has 0 heterocycles. The molecule has 0 amide bonds. The highest BCUT2D eigenvalue weighted by molar-refractivity contribution is 14.1. The summed E-state index contributed by atoms with van der Waals surface area (Å²) >= 11 is 2.62. The topological polar surface area (TPSA) is 0 Å². The maximum absolute atomic E-state index is 5.75. The molecule has 0 aliphatic heterocycles. The van der Waals surface area contributed by atoms with Gasteiger partial charge in [-0.05, 0) is 61.1 Å². The van der Waals surface area contributed by atoms with E-state index in [-0.39, 0.29) is 0 Å². The minimum atomic E-state index is 0.619. The molecule has 0 rings (SSSR count). The van der Waals surface area contributed by atoms with Crippen LogP contribution in [0.1, 0.15) is 111 Å². The van der Waals surface area contributed by atoms with Crippen molar-refractivity contribution in [2.45, 2.75) is 115 Å². The van der Waals surface area contributed by atoms with Crippen LogP contribution in [0.15, 0.2) is 0 Å². The fourth-order valence-corrected chi connectivity index (χ4v) is 4.45. The summed E-state index contributed by atoms with van der Waals surface area (Å²) in [6, 6.07) is 0. The first-order chi connectivity index (χ1) is 12.1. The SMILES string of the molecule is C#CC[N+](CCCCCCCCC)(CCCCCCCCC)C(C)I. The molecule has 0 saturated heterocycles. The molecule has 2 heteroatoms. The van der Waals surface area contributed by atoms with Crippen LogP contribution in [-0.2, 0) is 0 Å². The second-order valence-corrected chi connectivity index (χ2v) is 9.65. The zero-order valence-electron chi connectivity index (χ0n) is 17.5. The van der Waals surface area contributed by atoms with Crippen molar-refractivity contribution in [3.8, 4) is 12.3 Å². The number of alkyl halides is 1. The van der Waals surface area contributed by atoms with Gasteiger partial charge in [0.05, 0.1) is 13.1 Å². The van der Waals surface area contributed by atoms with E-state index in [4.69, 9.17) is 6.42 Å².